The molecule has 3 aromatic rings. The minimum absolute atomic E-state index is 0.00821. The van der Waals surface area contributed by atoms with Crippen LogP contribution in [-0.4, -0.2) is 53.3 Å². The number of rotatable bonds is 8. The van der Waals surface area contributed by atoms with Gasteiger partial charge in [0.05, 0.1) is 25.5 Å². The molecule has 2 heterocycles. The smallest absolute Gasteiger partial charge is 0.237 e. The van der Waals surface area contributed by atoms with Crippen LogP contribution in [0.25, 0.3) is 11.4 Å². The summed E-state index contributed by atoms with van der Waals surface area (Å²) in [5.74, 6) is 1.84. The third-order valence-electron chi connectivity index (χ3n) is 5.32. The molecule has 4 rings (SSSR count). The number of para-hydroxylation sites is 1. The van der Waals surface area contributed by atoms with E-state index in [0.717, 1.165) is 47.4 Å². The van der Waals surface area contributed by atoms with E-state index in [2.05, 4.69) is 14.8 Å². The second-order valence-corrected chi connectivity index (χ2v) is 8.30. The fourth-order valence-corrected chi connectivity index (χ4v) is 4.39. The SMILES string of the molecule is COc1ccc(-c2nnc(SCC(=O)N(C)c3ccccc3)n2CC2CCCO2)cc1. The van der Waals surface area contributed by atoms with Crippen LogP contribution < -0.4 is 9.64 Å². The van der Waals surface area contributed by atoms with Crippen LogP contribution in [0.4, 0.5) is 5.69 Å². The molecule has 8 heteroatoms. The van der Waals surface area contributed by atoms with Crippen molar-refractivity contribution in [3.63, 3.8) is 0 Å². The predicted molar refractivity (Wildman–Crippen MR) is 122 cm³/mol. The Balaban J connectivity index is 1.53. The van der Waals surface area contributed by atoms with Crippen molar-refractivity contribution < 1.29 is 14.3 Å². The summed E-state index contributed by atoms with van der Waals surface area (Å²) < 4.78 is 13.2. The molecule has 0 aliphatic carbocycles. The molecule has 1 aliphatic heterocycles. The lowest BCUT2D eigenvalue weighted by molar-refractivity contribution is -0.115. The molecule has 0 saturated carbocycles. The second kappa shape index (κ2) is 9.98. The number of thioether (sulfide) groups is 1. The molecule has 0 N–H and O–H groups in total. The zero-order valence-electron chi connectivity index (χ0n) is 17.7. The maximum atomic E-state index is 12.7. The Hall–Kier alpha value is -2.84. The van der Waals surface area contributed by atoms with Gasteiger partial charge in [-0.25, -0.2) is 0 Å². The lowest BCUT2D eigenvalue weighted by Crippen LogP contribution is -2.28. The van der Waals surface area contributed by atoms with Gasteiger partial charge in [-0.2, -0.15) is 0 Å². The van der Waals surface area contributed by atoms with E-state index in [-0.39, 0.29) is 17.8 Å². The van der Waals surface area contributed by atoms with Crippen LogP contribution in [0.15, 0.2) is 59.8 Å². The predicted octanol–water partition coefficient (Wildman–Crippen LogP) is 3.89. The summed E-state index contributed by atoms with van der Waals surface area (Å²) in [6.07, 6.45) is 2.21. The summed E-state index contributed by atoms with van der Waals surface area (Å²) >= 11 is 1.40. The highest BCUT2D eigenvalue weighted by Gasteiger charge is 2.23. The lowest BCUT2D eigenvalue weighted by atomic mass is 10.2. The Morgan fingerprint density at radius 3 is 2.65 bits per heavy atom. The van der Waals surface area contributed by atoms with Gasteiger partial charge >= 0.3 is 0 Å². The van der Waals surface area contributed by atoms with Crippen LogP contribution in [0.1, 0.15) is 12.8 Å². The number of benzene rings is 2. The summed E-state index contributed by atoms with van der Waals surface area (Å²) in [7, 11) is 3.44. The van der Waals surface area contributed by atoms with E-state index in [1.807, 2.05) is 54.6 Å². The van der Waals surface area contributed by atoms with Crippen molar-refractivity contribution in [1.29, 1.82) is 0 Å². The van der Waals surface area contributed by atoms with Crippen LogP contribution in [0.3, 0.4) is 0 Å². The van der Waals surface area contributed by atoms with Gasteiger partial charge in [0.25, 0.3) is 0 Å². The standard InChI is InChI=1S/C23H26N4O3S/c1-26(18-7-4-3-5-8-18)21(28)16-31-23-25-24-22(17-10-12-19(29-2)13-11-17)27(23)15-20-9-6-14-30-20/h3-5,7-8,10-13,20H,6,9,14-16H2,1-2H3. The van der Waals surface area contributed by atoms with E-state index in [1.165, 1.54) is 11.8 Å². The van der Waals surface area contributed by atoms with Gasteiger partial charge in [-0.1, -0.05) is 30.0 Å². The number of aromatic nitrogens is 3. The highest BCUT2D eigenvalue weighted by atomic mass is 32.2. The van der Waals surface area contributed by atoms with Crippen LogP contribution in [-0.2, 0) is 16.1 Å². The van der Waals surface area contributed by atoms with Gasteiger partial charge in [0, 0.05) is 24.9 Å². The maximum Gasteiger partial charge on any atom is 0.237 e. The molecule has 1 aromatic heterocycles. The molecule has 1 unspecified atom stereocenters. The Kier molecular flexibility index (Phi) is 6.89. The number of hydrogen-bond donors (Lipinski definition) is 0. The number of amides is 1. The minimum Gasteiger partial charge on any atom is -0.497 e. The zero-order chi connectivity index (χ0) is 21.6. The molecule has 1 atom stereocenters. The fraction of sp³-hybridized carbons (Fsp3) is 0.348. The van der Waals surface area contributed by atoms with Crippen molar-refractivity contribution in [3.05, 3.63) is 54.6 Å². The summed E-state index contributed by atoms with van der Waals surface area (Å²) in [5, 5.41) is 9.55. The van der Waals surface area contributed by atoms with Crippen molar-refractivity contribution in [2.24, 2.45) is 0 Å². The van der Waals surface area contributed by atoms with Gasteiger partial charge in [-0.3, -0.25) is 9.36 Å². The normalized spacial score (nSPS) is 15.7. The van der Waals surface area contributed by atoms with Gasteiger partial charge < -0.3 is 14.4 Å². The van der Waals surface area contributed by atoms with Crippen molar-refractivity contribution in [1.82, 2.24) is 14.8 Å². The minimum atomic E-state index is 0.00821. The fourth-order valence-electron chi connectivity index (χ4n) is 3.52. The van der Waals surface area contributed by atoms with E-state index in [1.54, 1.807) is 19.1 Å². The van der Waals surface area contributed by atoms with Crippen molar-refractivity contribution in [2.45, 2.75) is 30.6 Å². The average molecular weight is 439 g/mol. The van der Waals surface area contributed by atoms with E-state index >= 15 is 0 Å². The molecule has 1 amide bonds. The summed E-state index contributed by atoms with van der Waals surface area (Å²) in [6.45, 7) is 1.45. The van der Waals surface area contributed by atoms with Gasteiger partial charge in [0.2, 0.25) is 5.91 Å². The van der Waals surface area contributed by atoms with E-state index < -0.39 is 0 Å². The molecule has 162 valence electrons. The van der Waals surface area contributed by atoms with E-state index in [9.17, 15) is 4.79 Å². The molecule has 7 nitrogen and oxygen atoms in total. The van der Waals surface area contributed by atoms with Gasteiger partial charge in [0.15, 0.2) is 11.0 Å². The first-order valence-corrected chi connectivity index (χ1v) is 11.3. The number of carbonyl (C=O) groups excluding carboxylic acids is 1. The molecule has 0 radical (unpaired) electrons. The van der Waals surface area contributed by atoms with E-state index in [4.69, 9.17) is 9.47 Å². The molecule has 31 heavy (non-hydrogen) atoms. The van der Waals surface area contributed by atoms with Gasteiger partial charge in [-0.05, 0) is 49.2 Å². The number of ether oxygens (including phenoxy) is 2. The van der Waals surface area contributed by atoms with Crippen LogP contribution in [0, 0.1) is 0 Å². The number of nitrogens with zero attached hydrogens (tertiary/aromatic N) is 4. The first-order valence-electron chi connectivity index (χ1n) is 10.3. The monoisotopic (exact) mass is 438 g/mol. The van der Waals surface area contributed by atoms with Crippen LogP contribution in [0.2, 0.25) is 0 Å². The number of anilines is 1. The Labute approximate surface area is 186 Å². The molecular weight excluding hydrogens is 412 g/mol. The summed E-state index contributed by atoms with van der Waals surface area (Å²) in [4.78, 5) is 14.4. The number of carbonyl (C=O) groups is 1. The molecule has 0 bridgehead atoms. The largest absolute Gasteiger partial charge is 0.497 e. The first kappa shape index (κ1) is 21.4. The van der Waals surface area contributed by atoms with E-state index in [0.29, 0.717) is 6.54 Å². The molecule has 1 saturated heterocycles. The first-order chi connectivity index (χ1) is 15.2. The molecular formula is C23H26N4O3S. The van der Waals surface area contributed by atoms with Crippen molar-refractivity contribution in [3.8, 4) is 17.1 Å². The van der Waals surface area contributed by atoms with Crippen LogP contribution >= 0.6 is 11.8 Å². The van der Waals surface area contributed by atoms with Crippen LogP contribution in [0.5, 0.6) is 5.75 Å². The quantitative estimate of drug-likeness (QED) is 0.497. The summed E-state index contributed by atoms with van der Waals surface area (Å²) in [5.41, 5.74) is 1.82. The van der Waals surface area contributed by atoms with Crippen molar-refractivity contribution >= 4 is 23.4 Å². The Morgan fingerprint density at radius 1 is 1.19 bits per heavy atom. The highest BCUT2D eigenvalue weighted by Crippen LogP contribution is 2.28. The van der Waals surface area contributed by atoms with Gasteiger partial charge in [0.1, 0.15) is 5.75 Å². The second-order valence-electron chi connectivity index (χ2n) is 7.36. The highest BCUT2D eigenvalue weighted by molar-refractivity contribution is 7.99. The van der Waals surface area contributed by atoms with Gasteiger partial charge in [-0.15, -0.1) is 10.2 Å². The average Bonchev–Trinajstić information content (AvgIpc) is 3.48. The maximum absolute atomic E-state index is 12.7. The summed E-state index contributed by atoms with van der Waals surface area (Å²) in [6, 6.07) is 17.4. The number of hydrogen-bond acceptors (Lipinski definition) is 6. The molecule has 1 aliphatic rings. The van der Waals surface area contributed by atoms with Crippen molar-refractivity contribution in [2.75, 3.05) is 31.4 Å². The third-order valence-corrected chi connectivity index (χ3v) is 6.27. The number of methoxy groups -OCH3 is 1. The zero-order valence-corrected chi connectivity index (χ0v) is 18.5. The molecule has 0 spiro atoms. The lowest BCUT2D eigenvalue weighted by Gasteiger charge is -2.18. The topological polar surface area (TPSA) is 69.5 Å². The molecule has 1 fully saturated rings. The third kappa shape index (κ3) is 5.08. The Bertz CT molecular complexity index is 1000. The Morgan fingerprint density at radius 2 is 1.97 bits per heavy atom. The molecule has 2 aromatic carbocycles.